The van der Waals surface area contributed by atoms with Gasteiger partial charge in [0, 0.05) is 4.91 Å². The lowest BCUT2D eigenvalue weighted by molar-refractivity contribution is 1.17. The molecule has 0 saturated heterocycles. The van der Waals surface area contributed by atoms with E-state index in [2.05, 4.69) is 103 Å². The van der Waals surface area contributed by atoms with Gasteiger partial charge in [-0.05, 0) is 81.0 Å². The Morgan fingerprint density at radius 2 is 1.47 bits per heavy atom. The fraction of sp³-hybridized carbons (Fsp3) is 0.0968. The van der Waals surface area contributed by atoms with Crippen LogP contribution < -0.4 is 0 Å². The lowest BCUT2D eigenvalue weighted by Crippen LogP contribution is -1.97. The molecule has 6 rings (SSSR count). The fourth-order valence-corrected chi connectivity index (χ4v) is 5.48. The van der Waals surface area contributed by atoms with Crippen LogP contribution in [0.15, 0.2) is 108 Å². The van der Waals surface area contributed by atoms with Crippen LogP contribution in [0.4, 0.5) is 0 Å². The minimum absolute atomic E-state index is 0.930. The van der Waals surface area contributed by atoms with Gasteiger partial charge in [0.2, 0.25) is 0 Å². The number of fused-ring (bicyclic) bond motifs is 3. The standard InChI is InChI=1S/C31H24S/c32-31-15-7-14-28(31)29-19-24(17-16-23(29)18-21-8-2-1-3-9-21)26-12-6-13-27-25-11-5-4-10-22(25)20-30(26)27/h1-13,15-17,19,32H,14,18,20H2. The van der Waals surface area contributed by atoms with Gasteiger partial charge in [0.25, 0.3) is 0 Å². The highest BCUT2D eigenvalue weighted by Gasteiger charge is 2.22. The molecule has 0 aromatic heterocycles. The van der Waals surface area contributed by atoms with Gasteiger partial charge in [0.1, 0.15) is 0 Å². The van der Waals surface area contributed by atoms with Crippen LogP contribution in [0.3, 0.4) is 0 Å². The Hall–Kier alpha value is -3.29. The summed E-state index contributed by atoms with van der Waals surface area (Å²) in [5, 5.41) is 0. The highest BCUT2D eigenvalue weighted by atomic mass is 32.1. The molecule has 32 heavy (non-hydrogen) atoms. The first kappa shape index (κ1) is 19.4. The molecular formula is C31H24S. The average Bonchev–Trinajstić information content (AvgIpc) is 3.43. The summed E-state index contributed by atoms with van der Waals surface area (Å²) in [7, 11) is 0. The zero-order valence-corrected chi connectivity index (χ0v) is 18.8. The molecule has 0 saturated carbocycles. The molecule has 0 spiro atoms. The van der Waals surface area contributed by atoms with Crippen molar-refractivity contribution in [2.75, 3.05) is 0 Å². The van der Waals surface area contributed by atoms with Crippen molar-refractivity contribution in [3.05, 3.63) is 136 Å². The quantitative estimate of drug-likeness (QED) is 0.275. The summed E-state index contributed by atoms with van der Waals surface area (Å²) >= 11 is 4.79. The van der Waals surface area contributed by atoms with Crippen molar-refractivity contribution in [3.8, 4) is 22.3 Å². The Balaban J connectivity index is 1.47. The average molecular weight is 429 g/mol. The van der Waals surface area contributed by atoms with Crippen LogP contribution in [0.1, 0.15) is 34.2 Å². The first-order valence-electron chi connectivity index (χ1n) is 11.2. The monoisotopic (exact) mass is 428 g/mol. The molecular weight excluding hydrogens is 404 g/mol. The van der Waals surface area contributed by atoms with E-state index in [1.165, 1.54) is 55.6 Å². The molecule has 0 nitrogen and oxygen atoms in total. The van der Waals surface area contributed by atoms with Crippen molar-refractivity contribution in [3.63, 3.8) is 0 Å². The number of rotatable bonds is 4. The number of allylic oxidation sites excluding steroid dienone is 3. The smallest absolute Gasteiger partial charge is 0.00782 e. The zero-order chi connectivity index (χ0) is 21.5. The Bertz CT molecular complexity index is 1390. The fourth-order valence-electron chi connectivity index (χ4n) is 5.16. The third-order valence-electron chi connectivity index (χ3n) is 6.74. The third kappa shape index (κ3) is 3.34. The van der Waals surface area contributed by atoms with E-state index >= 15 is 0 Å². The highest BCUT2D eigenvalue weighted by molar-refractivity contribution is 7.85. The van der Waals surface area contributed by atoms with Crippen molar-refractivity contribution in [2.24, 2.45) is 0 Å². The Labute approximate surface area is 195 Å². The van der Waals surface area contributed by atoms with Gasteiger partial charge in [0.05, 0.1) is 0 Å². The maximum absolute atomic E-state index is 4.79. The van der Waals surface area contributed by atoms with Crippen molar-refractivity contribution >= 4 is 18.2 Å². The summed E-state index contributed by atoms with van der Waals surface area (Å²) in [6.07, 6.45) is 7.23. The molecule has 0 N–H and O–H groups in total. The van der Waals surface area contributed by atoms with Crippen LogP contribution in [0, 0.1) is 0 Å². The molecule has 0 unspecified atom stereocenters. The van der Waals surface area contributed by atoms with E-state index < -0.39 is 0 Å². The molecule has 2 aliphatic rings. The van der Waals surface area contributed by atoms with E-state index in [0.29, 0.717) is 0 Å². The van der Waals surface area contributed by atoms with Gasteiger partial charge in [-0.1, -0.05) is 97.1 Å². The summed E-state index contributed by atoms with van der Waals surface area (Å²) in [4.78, 5) is 1.09. The van der Waals surface area contributed by atoms with Crippen molar-refractivity contribution in [1.82, 2.24) is 0 Å². The zero-order valence-electron chi connectivity index (χ0n) is 17.9. The van der Waals surface area contributed by atoms with Gasteiger partial charge in [-0.2, -0.15) is 0 Å². The van der Waals surface area contributed by atoms with Gasteiger partial charge < -0.3 is 0 Å². The molecule has 2 aliphatic carbocycles. The first-order valence-corrected chi connectivity index (χ1v) is 11.7. The second-order valence-electron chi connectivity index (χ2n) is 8.67. The lowest BCUT2D eigenvalue weighted by Gasteiger charge is -2.16. The van der Waals surface area contributed by atoms with E-state index in [9.17, 15) is 0 Å². The molecule has 0 bridgehead atoms. The molecule has 4 aromatic rings. The van der Waals surface area contributed by atoms with Crippen LogP contribution in [0.25, 0.3) is 27.8 Å². The summed E-state index contributed by atoms with van der Waals surface area (Å²) < 4.78 is 0. The molecule has 1 heteroatoms. The molecule has 4 aromatic carbocycles. The molecule has 0 heterocycles. The molecule has 0 radical (unpaired) electrons. The van der Waals surface area contributed by atoms with E-state index in [4.69, 9.17) is 12.6 Å². The SMILES string of the molecule is SC1=C(c2cc(-c3cccc4c3Cc3ccccc3-4)ccc2Cc2ccccc2)CC=C1. The number of hydrogen-bond donors (Lipinski definition) is 1. The molecule has 0 amide bonds. The van der Waals surface area contributed by atoms with Crippen LogP contribution >= 0.6 is 12.6 Å². The summed E-state index contributed by atoms with van der Waals surface area (Å²) in [5.74, 6) is 0. The summed E-state index contributed by atoms with van der Waals surface area (Å²) in [5.41, 5.74) is 13.6. The van der Waals surface area contributed by atoms with Gasteiger partial charge in [-0.3, -0.25) is 0 Å². The van der Waals surface area contributed by atoms with Gasteiger partial charge in [-0.15, -0.1) is 12.6 Å². The third-order valence-corrected chi connectivity index (χ3v) is 7.16. The maximum atomic E-state index is 4.79. The topological polar surface area (TPSA) is 0 Å². The predicted octanol–water partition coefficient (Wildman–Crippen LogP) is 8.12. The maximum Gasteiger partial charge on any atom is 0.00782 e. The van der Waals surface area contributed by atoms with Crippen LogP contribution in [0.5, 0.6) is 0 Å². The second kappa shape index (κ2) is 8.00. The summed E-state index contributed by atoms with van der Waals surface area (Å²) in [6.45, 7) is 0. The van der Waals surface area contributed by atoms with Gasteiger partial charge in [0.15, 0.2) is 0 Å². The van der Waals surface area contributed by atoms with E-state index in [0.717, 1.165) is 24.2 Å². The van der Waals surface area contributed by atoms with Crippen molar-refractivity contribution in [1.29, 1.82) is 0 Å². The molecule has 154 valence electrons. The van der Waals surface area contributed by atoms with Gasteiger partial charge >= 0.3 is 0 Å². The Morgan fingerprint density at radius 1 is 0.688 bits per heavy atom. The van der Waals surface area contributed by atoms with Crippen LogP contribution in [-0.4, -0.2) is 0 Å². The van der Waals surface area contributed by atoms with E-state index in [-0.39, 0.29) is 0 Å². The molecule has 0 aliphatic heterocycles. The van der Waals surface area contributed by atoms with Crippen LogP contribution in [0.2, 0.25) is 0 Å². The molecule has 0 fully saturated rings. The largest absolute Gasteiger partial charge is 0.143 e. The van der Waals surface area contributed by atoms with Gasteiger partial charge in [-0.25, -0.2) is 0 Å². The van der Waals surface area contributed by atoms with Crippen molar-refractivity contribution < 1.29 is 0 Å². The summed E-state index contributed by atoms with van der Waals surface area (Å²) in [6, 6.07) is 33.3. The van der Waals surface area contributed by atoms with E-state index in [1.54, 1.807) is 0 Å². The highest BCUT2D eigenvalue weighted by Crippen LogP contribution is 2.43. The molecule has 0 atom stereocenters. The predicted molar refractivity (Wildman–Crippen MR) is 139 cm³/mol. The Kier molecular flexibility index (Phi) is 4.85. The van der Waals surface area contributed by atoms with E-state index in [1.807, 2.05) is 0 Å². The normalized spacial score (nSPS) is 14.0. The number of thiol groups is 1. The minimum atomic E-state index is 0.930. The number of benzene rings is 4. The second-order valence-corrected chi connectivity index (χ2v) is 9.15. The lowest BCUT2D eigenvalue weighted by atomic mass is 9.89. The van der Waals surface area contributed by atoms with Crippen molar-refractivity contribution in [2.45, 2.75) is 19.3 Å². The number of hydrogen-bond acceptors (Lipinski definition) is 1. The Morgan fingerprint density at radius 3 is 2.31 bits per heavy atom. The minimum Gasteiger partial charge on any atom is -0.143 e. The van der Waals surface area contributed by atoms with Crippen LogP contribution in [-0.2, 0) is 12.8 Å². The first-order chi connectivity index (χ1) is 15.8.